The van der Waals surface area contributed by atoms with Gasteiger partial charge in [0, 0.05) is 19.6 Å². The second-order valence-corrected chi connectivity index (χ2v) is 5.73. The van der Waals surface area contributed by atoms with E-state index in [-0.39, 0.29) is 6.10 Å². The second kappa shape index (κ2) is 4.86. The third-order valence-electron chi connectivity index (χ3n) is 3.98. The molecule has 1 aliphatic rings. The van der Waals surface area contributed by atoms with Gasteiger partial charge in [-0.2, -0.15) is 11.3 Å². The second-order valence-electron chi connectivity index (χ2n) is 4.95. The number of aliphatic hydroxyl groups is 1. The van der Waals surface area contributed by atoms with Crippen molar-refractivity contribution in [2.24, 2.45) is 5.41 Å². The molecule has 1 aliphatic heterocycles. The number of β-amino-alcohol motifs (C(OH)–C–C–N with tert-alkyl or cyclic N) is 1. The highest BCUT2D eigenvalue weighted by atomic mass is 32.1. The molecule has 0 bridgehead atoms. The summed E-state index contributed by atoms with van der Waals surface area (Å²) in [4.78, 5) is 2.37. The van der Waals surface area contributed by atoms with E-state index in [2.05, 4.69) is 18.7 Å². The topological polar surface area (TPSA) is 23.5 Å². The molecule has 1 fully saturated rings. The zero-order valence-electron chi connectivity index (χ0n) is 10.1. The summed E-state index contributed by atoms with van der Waals surface area (Å²) < 4.78 is 0. The Morgan fingerprint density at radius 1 is 1.44 bits per heavy atom. The van der Waals surface area contributed by atoms with Crippen molar-refractivity contribution in [2.75, 3.05) is 19.6 Å². The van der Waals surface area contributed by atoms with Crippen molar-refractivity contribution in [3.8, 4) is 0 Å². The van der Waals surface area contributed by atoms with Crippen LogP contribution in [0.3, 0.4) is 0 Å². The quantitative estimate of drug-likeness (QED) is 0.854. The van der Waals surface area contributed by atoms with E-state index in [4.69, 9.17) is 0 Å². The van der Waals surface area contributed by atoms with Crippen molar-refractivity contribution < 1.29 is 5.11 Å². The van der Waals surface area contributed by atoms with Gasteiger partial charge in [0.1, 0.15) is 0 Å². The maximum Gasteiger partial charge on any atom is 0.0924 e. The lowest BCUT2D eigenvalue weighted by Crippen LogP contribution is -2.56. The lowest BCUT2D eigenvalue weighted by molar-refractivity contribution is -0.0329. The van der Waals surface area contributed by atoms with Crippen LogP contribution in [0.5, 0.6) is 0 Å². The van der Waals surface area contributed by atoms with E-state index < -0.39 is 0 Å². The van der Waals surface area contributed by atoms with Gasteiger partial charge < -0.3 is 5.11 Å². The van der Waals surface area contributed by atoms with Gasteiger partial charge in [-0.05, 0) is 40.6 Å². The lowest BCUT2D eigenvalue weighted by Gasteiger charge is -2.50. The summed E-state index contributed by atoms with van der Waals surface area (Å²) in [6.45, 7) is 7.65. The summed E-state index contributed by atoms with van der Waals surface area (Å²) in [6, 6.07) is 2.02. The molecule has 1 unspecified atom stereocenters. The van der Waals surface area contributed by atoms with E-state index in [1.165, 1.54) is 12.8 Å². The van der Waals surface area contributed by atoms with Gasteiger partial charge in [0.2, 0.25) is 0 Å². The monoisotopic (exact) mass is 239 g/mol. The molecule has 0 aromatic carbocycles. The average molecular weight is 239 g/mol. The molecule has 2 nitrogen and oxygen atoms in total. The first-order valence-corrected chi connectivity index (χ1v) is 7.06. The Kier molecular flexibility index (Phi) is 3.67. The normalized spacial score (nSPS) is 21.7. The highest BCUT2D eigenvalue weighted by Gasteiger charge is 2.40. The number of hydrogen-bond acceptors (Lipinski definition) is 3. The number of thiophene rings is 1. The molecule has 0 saturated carbocycles. The number of likely N-dealkylation sites (tertiary alicyclic amines) is 1. The Morgan fingerprint density at radius 2 is 2.12 bits per heavy atom. The van der Waals surface area contributed by atoms with Crippen LogP contribution in [-0.4, -0.2) is 29.6 Å². The molecule has 90 valence electrons. The molecule has 2 rings (SSSR count). The molecule has 2 heterocycles. The molecular weight excluding hydrogens is 218 g/mol. The Balaban J connectivity index is 1.81. The molecule has 16 heavy (non-hydrogen) atoms. The molecule has 1 saturated heterocycles. The highest BCUT2D eigenvalue weighted by Crippen LogP contribution is 2.37. The predicted octanol–water partition coefficient (Wildman–Crippen LogP) is 2.90. The number of hydrogen-bond donors (Lipinski definition) is 1. The van der Waals surface area contributed by atoms with Crippen molar-refractivity contribution in [3.05, 3.63) is 22.4 Å². The van der Waals surface area contributed by atoms with Crippen LogP contribution in [0.15, 0.2) is 16.8 Å². The van der Waals surface area contributed by atoms with Gasteiger partial charge >= 0.3 is 0 Å². The zero-order chi connectivity index (χ0) is 11.6. The molecule has 0 radical (unpaired) electrons. The van der Waals surface area contributed by atoms with Crippen LogP contribution in [0.1, 0.15) is 38.4 Å². The fourth-order valence-electron chi connectivity index (χ4n) is 2.54. The van der Waals surface area contributed by atoms with Crippen molar-refractivity contribution in [3.63, 3.8) is 0 Å². The summed E-state index contributed by atoms with van der Waals surface area (Å²) in [6.07, 6.45) is 2.21. The maximum atomic E-state index is 10.0. The summed E-state index contributed by atoms with van der Waals surface area (Å²) in [5, 5.41) is 14.1. The molecule has 0 amide bonds. The largest absolute Gasteiger partial charge is 0.387 e. The molecule has 1 atom stereocenters. The molecule has 1 N–H and O–H groups in total. The van der Waals surface area contributed by atoms with E-state index >= 15 is 0 Å². The zero-order valence-corrected chi connectivity index (χ0v) is 11.0. The third-order valence-corrected chi connectivity index (χ3v) is 4.68. The Labute approximate surface area is 102 Å². The number of nitrogens with zero attached hydrogens (tertiary/aromatic N) is 1. The first kappa shape index (κ1) is 12.1. The molecular formula is C13H21NOS. The fraction of sp³-hybridized carbons (Fsp3) is 0.692. The van der Waals surface area contributed by atoms with Gasteiger partial charge in [-0.1, -0.05) is 13.8 Å². The van der Waals surface area contributed by atoms with E-state index in [1.54, 1.807) is 11.3 Å². The number of aliphatic hydroxyl groups excluding tert-OH is 1. The van der Waals surface area contributed by atoms with Gasteiger partial charge in [-0.25, -0.2) is 0 Å². The molecule has 3 heteroatoms. The van der Waals surface area contributed by atoms with Crippen LogP contribution in [0.2, 0.25) is 0 Å². The van der Waals surface area contributed by atoms with Crippen molar-refractivity contribution in [2.45, 2.75) is 32.8 Å². The molecule has 0 spiro atoms. The van der Waals surface area contributed by atoms with Gasteiger partial charge in [-0.15, -0.1) is 0 Å². The van der Waals surface area contributed by atoms with Crippen LogP contribution in [0, 0.1) is 5.41 Å². The number of rotatable bonds is 5. The van der Waals surface area contributed by atoms with Gasteiger partial charge in [0.25, 0.3) is 0 Å². The molecule has 1 aromatic heterocycles. The summed E-state index contributed by atoms with van der Waals surface area (Å²) in [5.41, 5.74) is 1.60. The molecule has 1 aromatic rings. The minimum absolute atomic E-state index is 0.307. The lowest BCUT2D eigenvalue weighted by atomic mass is 9.75. The van der Waals surface area contributed by atoms with Gasteiger partial charge in [-0.3, -0.25) is 4.90 Å². The van der Waals surface area contributed by atoms with E-state index in [0.29, 0.717) is 5.41 Å². The van der Waals surface area contributed by atoms with Crippen molar-refractivity contribution >= 4 is 11.3 Å². The highest BCUT2D eigenvalue weighted by molar-refractivity contribution is 7.07. The summed E-state index contributed by atoms with van der Waals surface area (Å²) in [7, 11) is 0. The van der Waals surface area contributed by atoms with Crippen LogP contribution < -0.4 is 0 Å². The minimum Gasteiger partial charge on any atom is -0.387 e. The van der Waals surface area contributed by atoms with Gasteiger partial charge in [0.15, 0.2) is 0 Å². The standard InChI is InChI=1S/C13H21NOS/c1-3-13(4-2)9-14(10-13)7-12(15)11-5-6-16-8-11/h5-6,8,12,15H,3-4,7,9-10H2,1-2H3. The first-order valence-electron chi connectivity index (χ1n) is 6.11. The molecule has 0 aliphatic carbocycles. The maximum absolute atomic E-state index is 10.0. The van der Waals surface area contributed by atoms with E-state index in [1.807, 2.05) is 16.8 Å². The van der Waals surface area contributed by atoms with E-state index in [9.17, 15) is 5.11 Å². The van der Waals surface area contributed by atoms with Crippen LogP contribution in [0.25, 0.3) is 0 Å². The van der Waals surface area contributed by atoms with Crippen molar-refractivity contribution in [1.82, 2.24) is 4.90 Å². The van der Waals surface area contributed by atoms with Crippen LogP contribution >= 0.6 is 11.3 Å². The third kappa shape index (κ3) is 2.31. The van der Waals surface area contributed by atoms with Gasteiger partial charge in [0.05, 0.1) is 6.10 Å². The van der Waals surface area contributed by atoms with E-state index in [0.717, 1.165) is 25.2 Å². The Bertz CT molecular complexity index is 311. The first-order chi connectivity index (χ1) is 7.69. The predicted molar refractivity (Wildman–Crippen MR) is 68.7 cm³/mol. The Hall–Kier alpha value is -0.380. The SMILES string of the molecule is CCC1(CC)CN(CC(O)c2ccsc2)C1. The average Bonchev–Trinajstić information content (AvgIpc) is 2.76. The van der Waals surface area contributed by atoms with Crippen molar-refractivity contribution in [1.29, 1.82) is 0 Å². The summed E-state index contributed by atoms with van der Waals surface area (Å²) >= 11 is 1.65. The summed E-state index contributed by atoms with van der Waals surface area (Å²) in [5.74, 6) is 0. The van der Waals surface area contributed by atoms with Crippen LogP contribution in [-0.2, 0) is 0 Å². The van der Waals surface area contributed by atoms with Crippen LogP contribution in [0.4, 0.5) is 0 Å². The minimum atomic E-state index is -0.307. The fourth-order valence-corrected chi connectivity index (χ4v) is 3.25. The Morgan fingerprint density at radius 3 is 2.62 bits per heavy atom. The smallest absolute Gasteiger partial charge is 0.0924 e.